The largest absolute Gasteiger partial charge is 0.326 e. The summed E-state index contributed by atoms with van der Waals surface area (Å²) in [4.78, 5) is 12.4. The molecule has 0 heterocycles. The number of carbonyl (C=O) groups excluding carboxylic acids is 1. The van der Waals surface area contributed by atoms with Crippen molar-refractivity contribution in [2.24, 2.45) is 0 Å². The summed E-state index contributed by atoms with van der Waals surface area (Å²) < 4.78 is 13.0. The van der Waals surface area contributed by atoms with Gasteiger partial charge in [0.15, 0.2) is 0 Å². The first-order chi connectivity index (χ1) is 10.8. The zero-order valence-corrected chi connectivity index (χ0v) is 14.2. The van der Waals surface area contributed by atoms with Gasteiger partial charge in [0.2, 0.25) is 5.91 Å². The van der Waals surface area contributed by atoms with E-state index in [-0.39, 0.29) is 23.1 Å². The van der Waals surface area contributed by atoms with E-state index in [4.69, 9.17) is 0 Å². The van der Waals surface area contributed by atoms with E-state index in [2.05, 4.69) is 26.1 Å². The lowest BCUT2D eigenvalue weighted by Gasteiger charge is -2.23. The van der Waals surface area contributed by atoms with Gasteiger partial charge in [0.05, 0.1) is 0 Å². The fourth-order valence-corrected chi connectivity index (χ4v) is 2.63. The van der Waals surface area contributed by atoms with E-state index in [9.17, 15) is 9.18 Å². The van der Waals surface area contributed by atoms with Crippen molar-refractivity contribution < 1.29 is 9.18 Å². The molecule has 2 aromatic rings. The number of amides is 1. The molecule has 0 radical (unpaired) electrons. The third kappa shape index (κ3) is 4.65. The van der Waals surface area contributed by atoms with Crippen LogP contribution < -0.4 is 5.32 Å². The number of rotatable bonds is 4. The average molecular weight is 313 g/mol. The van der Waals surface area contributed by atoms with E-state index in [0.29, 0.717) is 6.42 Å². The molecule has 0 saturated heterocycles. The van der Waals surface area contributed by atoms with Crippen molar-refractivity contribution in [3.8, 4) is 0 Å². The number of nitrogens with one attached hydrogen (secondary N) is 1. The molecule has 1 unspecified atom stereocenters. The molecule has 2 aromatic carbocycles. The second kappa shape index (κ2) is 6.95. The van der Waals surface area contributed by atoms with Gasteiger partial charge in [0.25, 0.3) is 0 Å². The van der Waals surface area contributed by atoms with E-state index in [1.54, 1.807) is 12.1 Å². The van der Waals surface area contributed by atoms with Gasteiger partial charge in [0, 0.05) is 12.1 Å². The molecule has 0 aromatic heterocycles. The predicted molar refractivity (Wildman–Crippen MR) is 93.2 cm³/mol. The molecule has 0 fully saturated rings. The molecule has 1 atom stereocenters. The van der Waals surface area contributed by atoms with Crippen LogP contribution in [0, 0.1) is 5.82 Å². The number of halogens is 1. The summed E-state index contributed by atoms with van der Waals surface area (Å²) in [6.45, 7) is 8.35. The Morgan fingerprint density at radius 3 is 2.30 bits per heavy atom. The van der Waals surface area contributed by atoms with Crippen molar-refractivity contribution in [2.45, 2.75) is 45.4 Å². The Balaban J connectivity index is 2.07. The Hall–Kier alpha value is -2.16. The van der Waals surface area contributed by atoms with Crippen LogP contribution in [-0.4, -0.2) is 5.91 Å². The van der Waals surface area contributed by atoms with E-state index in [1.807, 2.05) is 31.2 Å². The highest BCUT2D eigenvalue weighted by atomic mass is 19.1. The summed E-state index contributed by atoms with van der Waals surface area (Å²) in [5.41, 5.74) is 2.90. The van der Waals surface area contributed by atoms with Crippen molar-refractivity contribution in [1.82, 2.24) is 0 Å². The van der Waals surface area contributed by atoms with Crippen LogP contribution in [0.3, 0.4) is 0 Å². The molecule has 2 nitrogen and oxygen atoms in total. The van der Waals surface area contributed by atoms with Crippen LogP contribution >= 0.6 is 0 Å². The fourth-order valence-electron chi connectivity index (χ4n) is 2.63. The molecule has 3 heteroatoms. The summed E-state index contributed by atoms with van der Waals surface area (Å²) >= 11 is 0. The minimum absolute atomic E-state index is 0.0291. The lowest BCUT2D eigenvalue weighted by atomic mass is 9.85. The molecule has 122 valence electrons. The monoisotopic (exact) mass is 313 g/mol. The first kappa shape index (κ1) is 17.2. The van der Waals surface area contributed by atoms with Crippen LogP contribution in [-0.2, 0) is 10.2 Å². The smallest absolute Gasteiger partial charge is 0.224 e. The van der Waals surface area contributed by atoms with Gasteiger partial charge in [-0.05, 0) is 40.7 Å². The number of para-hydroxylation sites is 1. The van der Waals surface area contributed by atoms with Crippen molar-refractivity contribution in [1.29, 1.82) is 0 Å². The zero-order chi connectivity index (χ0) is 17.0. The maximum atomic E-state index is 13.0. The van der Waals surface area contributed by atoms with Crippen molar-refractivity contribution in [3.63, 3.8) is 0 Å². The summed E-state index contributed by atoms with van der Waals surface area (Å²) in [7, 11) is 0. The van der Waals surface area contributed by atoms with Crippen LogP contribution in [0.15, 0.2) is 48.5 Å². The summed E-state index contributed by atoms with van der Waals surface area (Å²) in [6, 6.07) is 14.2. The number of hydrogen-bond donors (Lipinski definition) is 1. The molecular formula is C20H24FNO. The molecule has 0 aliphatic carbocycles. The van der Waals surface area contributed by atoms with Crippen LogP contribution in [0.1, 0.15) is 51.2 Å². The van der Waals surface area contributed by atoms with Gasteiger partial charge >= 0.3 is 0 Å². The highest BCUT2D eigenvalue weighted by Crippen LogP contribution is 2.29. The molecule has 1 amide bonds. The predicted octanol–water partition coefficient (Wildman–Crippen LogP) is 5.26. The van der Waals surface area contributed by atoms with Gasteiger partial charge in [-0.15, -0.1) is 0 Å². The van der Waals surface area contributed by atoms with E-state index < -0.39 is 0 Å². The molecule has 0 saturated carbocycles. The standard InChI is InChI=1S/C20H24FNO/c1-14(15-9-11-16(21)12-10-15)13-19(23)22-18-8-6-5-7-17(18)20(2,3)4/h5-12,14H,13H2,1-4H3,(H,22,23). The highest BCUT2D eigenvalue weighted by molar-refractivity contribution is 5.92. The number of anilines is 1. The average Bonchev–Trinajstić information content (AvgIpc) is 2.47. The van der Waals surface area contributed by atoms with Crippen LogP contribution in [0.5, 0.6) is 0 Å². The third-order valence-electron chi connectivity index (χ3n) is 3.94. The highest BCUT2D eigenvalue weighted by Gasteiger charge is 2.19. The lowest BCUT2D eigenvalue weighted by Crippen LogP contribution is -2.19. The first-order valence-corrected chi connectivity index (χ1v) is 7.92. The molecular weight excluding hydrogens is 289 g/mol. The number of hydrogen-bond acceptors (Lipinski definition) is 1. The quantitative estimate of drug-likeness (QED) is 0.820. The molecule has 0 aliphatic rings. The zero-order valence-electron chi connectivity index (χ0n) is 14.2. The SMILES string of the molecule is CC(CC(=O)Nc1ccccc1C(C)(C)C)c1ccc(F)cc1. The van der Waals surface area contributed by atoms with Crippen LogP contribution in [0.4, 0.5) is 10.1 Å². The molecule has 0 spiro atoms. The minimum Gasteiger partial charge on any atom is -0.326 e. The maximum absolute atomic E-state index is 13.0. The Morgan fingerprint density at radius 1 is 1.09 bits per heavy atom. The van der Waals surface area contributed by atoms with Gasteiger partial charge in [0.1, 0.15) is 5.82 Å². The Labute approximate surface area is 137 Å². The topological polar surface area (TPSA) is 29.1 Å². The molecule has 1 N–H and O–H groups in total. The minimum atomic E-state index is -0.260. The molecule has 2 rings (SSSR count). The molecule has 23 heavy (non-hydrogen) atoms. The first-order valence-electron chi connectivity index (χ1n) is 7.92. The van der Waals surface area contributed by atoms with E-state index in [0.717, 1.165) is 16.8 Å². The maximum Gasteiger partial charge on any atom is 0.224 e. The van der Waals surface area contributed by atoms with Crippen LogP contribution in [0.25, 0.3) is 0 Å². The van der Waals surface area contributed by atoms with Crippen molar-refractivity contribution >= 4 is 11.6 Å². The molecule has 0 aliphatic heterocycles. The van der Waals surface area contributed by atoms with Gasteiger partial charge in [-0.25, -0.2) is 4.39 Å². The Kier molecular flexibility index (Phi) is 5.19. The van der Waals surface area contributed by atoms with Gasteiger partial charge in [-0.2, -0.15) is 0 Å². The van der Waals surface area contributed by atoms with Crippen LogP contribution in [0.2, 0.25) is 0 Å². The molecule has 0 bridgehead atoms. The third-order valence-corrected chi connectivity index (χ3v) is 3.94. The Morgan fingerprint density at radius 2 is 1.70 bits per heavy atom. The van der Waals surface area contributed by atoms with Crippen molar-refractivity contribution in [2.75, 3.05) is 5.32 Å². The normalized spacial score (nSPS) is 12.7. The second-order valence-electron chi connectivity index (χ2n) is 7.00. The summed E-state index contributed by atoms with van der Waals surface area (Å²) in [5, 5.41) is 3.02. The summed E-state index contributed by atoms with van der Waals surface area (Å²) in [5.74, 6) is -0.250. The van der Waals surface area contributed by atoms with Gasteiger partial charge in [-0.1, -0.05) is 58.0 Å². The van der Waals surface area contributed by atoms with E-state index >= 15 is 0 Å². The van der Waals surface area contributed by atoms with Gasteiger partial charge < -0.3 is 5.32 Å². The van der Waals surface area contributed by atoms with E-state index in [1.165, 1.54) is 12.1 Å². The Bertz CT molecular complexity index is 671. The second-order valence-corrected chi connectivity index (χ2v) is 7.00. The fraction of sp³-hybridized carbons (Fsp3) is 0.350. The van der Waals surface area contributed by atoms with Gasteiger partial charge in [-0.3, -0.25) is 4.79 Å². The lowest BCUT2D eigenvalue weighted by molar-refractivity contribution is -0.116. The number of carbonyl (C=O) groups is 1. The van der Waals surface area contributed by atoms with Crippen molar-refractivity contribution in [3.05, 3.63) is 65.5 Å². The number of benzene rings is 2. The summed E-state index contributed by atoms with van der Waals surface area (Å²) in [6.07, 6.45) is 0.365.